The van der Waals surface area contributed by atoms with Crippen LogP contribution in [-0.4, -0.2) is 34.4 Å². The van der Waals surface area contributed by atoms with Crippen molar-refractivity contribution in [3.05, 3.63) is 53.0 Å². The van der Waals surface area contributed by atoms with Gasteiger partial charge in [-0.15, -0.1) is 0 Å². The van der Waals surface area contributed by atoms with Crippen molar-refractivity contribution in [2.45, 2.75) is 6.92 Å². The maximum Gasteiger partial charge on any atom is 0.321 e. The molecule has 1 fully saturated rings. The monoisotopic (exact) mass is 348 g/mol. The molecule has 23 heavy (non-hydrogen) atoms. The number of thioether (sulfide) groups is 1. The lowest BCUT2D eigenvalue weighted by Gasteiger charge is -2.14. The number of ether oxygens (including phenoxy) is 1. The molecule has 1 N–H and O–H groups in total. The standard InChI is InChI=1S/C16H16N2O3S2/c1-2-21-14(19)11-17-18-15(20)13(23-16(18)22)10-6-9-12-7-4-3-5-8-12/h3-10,17H,2,11H2,1H3/b9-6-,13-10+. The van der Waals surface area contributed by atoms with E-state index in [0.717, 1.165) is 5.56 Å². The first-order valence-corrected chi connectivity index (χ1v) is 8.23. The molecule has 0 radical (unpaired) electrons. The van der Waals surface area contributed by atoms with Gasteiger partial charge in [-0.2, -0.15) is 0 Å². The first-order chi connectivity index (χ1) is 11.1. The number of rotatable bonds is 6. The van der Waals surface area contributed by atoms with Gasteiger partial charge in [-0.3, -0.25) is 9.59 Å². The molecule has 0 bridgehead atoms. The summed E-state index contributed by atoms with van der Waals surface area (Å²) < 4.78 is 5.16. The highest BCUT2D eigenvalue weighted by molar-refractivity contribution is 8.26. The van der Waals surface area contributed by atoms with E-state index >= 15 is 0 Å². The van der Waals surface area contributed by atoms with Crippen LogP contribution in [0.5, 0.6) is 0 Å². The van der Waals surface area contributed by atoms with Crippen LogP contribution in [0.4, 0.5) is 0 Å². The number of allylic oxidation sites excluding steroid dienone is 2. The van der Waals surface area contributed by atoms with Crippen molar-refractivity contribution in [1.29, 1.82) is 0 Å². The van der Waals surface area contributed by atoms with Gasteiger partial charge in [0.1, 0.15) is 6.54 Å². The molecule has 1 aliphatic rings. The van der Waals surface area contributed by atoms with Crippen LogP contribution < -0.4 is 5.43 Å². The van der Waals surface area contributed by atoms with Gasteiger partial charge in [0.15, 0.2) is 4.32 Å². The lowest BCUT2D eigenvalue weighted by Crippen LogP contribution is -2.44. The minimum absolute atomic E-state index is 0.104. The van der Waals surface area contributed by atoms with Gasteiger partial charge in [0.2, 0.25) is 0 Å². The number of carbonyl (C=O) groups is 2. The van der Waals surface area contributed by atoms with E-state index in [1.807, 2.05) is 36.4 Å². The molecule has 1 aromatic rings. The summed E-state index contributed by atoms with van der Waals surface area (Å²) >= 11 is 6.33. The molecule has 0 spiro atoms. The van der Waals surface area contributed by atoms with Crippen LogP contribution in [0.2, 0.25) is 0 Å². The number of hydrogen-bond donors (Lipinski definition) is 1. The minimum atomic E-state index is -0.436. The van der Waals surface area contributed by atoms with Gasteiger partial charge in [-0.05, 0) is 18.6 Å². The third-order valence-electron chi connectivity index (χ3n) is 2.82. The fraction of sp³-hybridized carbons (Fsp3) is 0.188. The molecule has 1 heterocycles. The van der Waals surface area contributed by atoms with Gasteiger partial charge >= 0.3 is 5.97 Å². The first kappa shape index (κ1) is 17.4. The van der Waals surface area contributed by atoms with E-state index in [4.69, 9.17) is 17.0 Å². The number of thiocarbonyl (C=S) groups is 1. The maximum absolute atomic E-state index is 12.2. The van der Waals surface area contributed by atoms with Crippen molar-refractivity contribution in [3.8, 4) is 0 Å². The number of hydrazine groups is 1. The van der Waals surface area contributed by atoms with E-state index in [1.54, 1.807) is 19.1 Å². The van der Waals surface area contributed by atoms with Crippen LogP contribution in [0.3, 0.4) is 0 Å². The Morgan fingerprint density at radius 2 is 2.13 bits per heavy atom. The normalized spacial score (nSPS) is 16.6. The summed E-state index contributed by atoms with van der Waals surface area (Å²) in [7, 11) is 0. The van der Waals surface area contributed by atoms with Crippen LogP contribution in [0.25, 0.3) is 6.08 Å². The summed E-state index contributed by atoms with van der Waals surface area (Å²) in [5, 5.41) is 1.19. The molecule has 2 rings (SSSR count). The Labute approximate surface area is 144 Å². The number of nitrogens with one attached hydrogen (secondary N) is 1. The summed E-state index contributed by atoms with van der Waals surface area (Å²) in [5.41, 5.74) is 3.73. The third kappa shape index (κ3) is 5.02. The Morgan fingerprint density at radius 3 is 2.83 bits per heavy atom. The Kier molecular flexibility index (Phi) is 6.52. The van der Waals surface area contributed by atoms with E-state index in [-0.39, 0.29) is 12.5 Å². The van der Waals surface area contributed by atoms with Crippen molar-refractivity contribution in [3.63, 3.8) is 0 Å². The lowest BCUT2D eigenvalue weighted by molar-refractivity contribution is -0.143. The third-order valence-corrected chi connectivity index (χ3v) is 4.14. The number of nitrogens with zero attached hydrogens (tertiary/aromatic N) is 1. The Morgan fingerprint density at radius 1 is 1.39 bits per heavy atom. The number of hydrogen-bond acceptors (Lipinski definition) is 6. The molecule has 1 amide bonds. The average molecular weight is 348 g/mol. The number of amides is 1. The van der Waals surface area contributed by atoms with Crippen molar-refractivity contribution in [2.24, 2.45) is 0 Å². The van der Waals surface area contributed by atoms with E-state index in [2.05, 4.69) is 5.43 Å². The summed E-state index contributed by atoms with van der Waals surface area (Å²) in [5.74, 6) is -0.712. The van der Waals surface area contributed by atoms with Gasteiger partial charge in [-0.1, -0.05) is 66.5 Å². The Hall–Kier alpha value is -1.96. The largest absolute Gasteiger partial charge is 0.465 e. The Balaban J connectivity index is 1.96. The van der Waals surface area contributed by atoms with Crippen LogP contribution in [0.15, 0.2) is 47.4 Å². The van der Waals surface area contributed by atoms with Gasteiger partial charge in [0.25, 0.3) is 5.91 Å². The van der Waals surface area contributed by atoms with Crippen LogP contribution in [0, 0.1) is 0 Å². The Bertz CT molecular complexity index is 657. The zero-order chi connectivity index (χ0) is 16.7. The van der Waals surface area contributed by atoms with Crippen LogP contribution >= 0.6 is 24.0 Å². The van der Waals surface area contributed by atoms with Crippen molar-refractivity contribution in [1.82, 2.24) is 10.4 Å². The summed E-state index contributed by atoms with van der Waals surface area (Å²) in [6.07, 6.45) is 5.41. The first-order valence-electron chi connectivity index (χ1n) is 7.00. The number of carbonyl (C=O) groups excluding carboxylic acids is 2. The topological polar surface area (TPSA) is 58.6 Å². The molecular formula is C16H16N2O3S2. The van der Waals surface area contributed by atoms with Gasteiger partial charge < -0.3 is 4.74 Å². The van der Waals surface area contributed by atoms with Crippen LogP contribution in [-0.2, 0) is 14.3 Å². The minimum Gasteiger partial charge on any atom is -0.465 e. The van der Waals surface area contributed by atoms with Crippen molar-refractivity contribution < 1.29 is 14.3 Å². The number of esters is 1. The molecule has 5 nitrogen and oxygen atoms in total. The highest BCUT2D eigenvalue weighted by Gasteiger charge is 2.32. The molecule has 0 saturated carbocycles. The van der Waals surface area contributed by atoms with Crippen molar-refractivity contribution in [2.75, 3.05) is 13.2 Å². The van der Waals surface area contributed by atoms with Gasteiger partial charge in [-0.25, -0.2) is 10.4 Å². The fourth-order valence-corrected chi connectivity index (χ4v) is 2.95. The zero-order valence-electron chi connectivity index (χ0n) is 12.5. The predicted molar refractivity (Wildman–Crippen MR) is 95.2 cm³/mol. The van der Waals surface area contributed by atoms with Crippen LogP contribution in [0.1, 0.15) is 12.5 Å². The summed E-state index contributed by atoms with van der Waals surface area (Å²) in [6, 6.07) is 9.77. The number of benzene rings is 1. The second-order valence-electron chi connectivity index (χ2n) is 4.45. The second kappa shape index (κ2) is 8.61. The molecular weight excluding hydrogens is 332 g/mol. The molecule has 7 heteroatoms. The highest BCUT2D eigenvalue weighted by Crippen LogP contribution is 2.29. The summed E-state index contributed by atoms with van der Waals surface area (Å²) in [6.45, 7) is 1.91. The molecule has 0 atom stereocenters. The second-order valence-corrected chi connectivity index (χ2v) is 6.12. The molecule has 1 saturated heterocycles. The molecule has 1 aromatic carbocycles. The van der Waals surface area contributed by atoms with E-state index in [1.165, 1.54) is 16.8 Å². The van der Waals surface area contributed by atoms with E-state index in [9.17, 15) is 9.59 Å². The zero-order valence-corrected chi connectivity index (χ0v) is 14.2. The summed E-state index contributed by atoms with van der Waals surface area (Å²) in [4.78, 5) is 24.1. The molecule has 0 aliphatic carbocycles. The SMILES string of the molecule is CCOC(=O)CNN1C(=O)/C(=C\C=C/c2ccccc2)SC1=S. The molecule has 120 valence electrons. The molecule has 0 aromatic heterocycles. The maximum atomic E-state index is 12.2. The van der Waals surface area contributed by atoms with Gasteiger partial charge in [0, 0.05) is 0 Å². The lowest BCUT2D eigenvalue weighted by atomic mass is 10.2. The smallest absolute Gasteiger partial charge is 0.321 e. The fourth-order valence-electron chi connectivity index (χ4n) is 1.78. The van der Waals surface area contributed by atoms with Gasteiger partial charge in [0.05, 0.1) is 11.5 Å². The average Bonchev–Trinajstić information content (AvgIpc) is 2.81. The molecule has 1 aliphatic heterocycles. The van der Waals surface area contributed by atoms with E-state index < -0.39 is 5.97 Å². The quantitative estimate of drug-likeness (QED) is 0.484. The highest BCUT2D eigenvalue weighted by atomic mass is 32.2. The predicted octanol–water partition coefficient (Wildman–Crippen LogP) is 2.51. The molecule has 0 unspecified atom stereocenters. The van der Waals surface area contributed by atoms with E-state index in [0.29, 0.717) is 15.8 Å². The van der Waals surface area contributed by atoms with Crippen molar-refractivity contribution >= 4 is 46.3 Å².